The summed E-state index contributed by atoms with van der Waals surface area (Å²) in [5, 5.41) is 0.593. The number of hydrogen-bond acceptors (Lipinski definition) is 2. The van der Waals surface area contributed by atoms with Gasteiger partial charge in [0.25, 0.3) is 0 Å². The third kappa shape index (κ3) is 1.90. The van der Waals surface area contributed by atoms with Crippen LogP contribution in [0.4, 0.5) is 4.39 Å². The topological polar surface area (TPSA) is 45.8 Å². The van der Waals surface area contributed by atoms with Crippen LogP contribution in [-0.4, -0.2) is 15.8 Å². The molecule has 0 saturated carbocycles. The van der Waals surface area contributed by atoms with Gasteiger partial charge in [-0.25, -0.2) is 4.39 Å². The van der Waals surface area contributed by atoms with Crippen molar-refractivity contribution in [2.24, 2.45) is 0 Å². The number of halogens is 2. The number of rotatable bonds is 2. The van der Waals surface area contributed by atoms with E-state index in [0.29, 0.717) is 10.9 Å². The van der Waals surface area contributed by atoms with Crippen LogP contribution in [0.25, 0.3) is 10.9 Å². The lowest BCUT2D eigenvalue weighted by molar-refractivity contribution is 0.103. The Hall–Kier alpha value is -2.20. The van der Waals surface area contributed by atoms with Gasteiger partial charge in [0.1, 0.15) is 0 Å². The molecule has 2 aromatic heterocycles. The van der Waals surface area contributed by atoms with Crippen LogP contribution < -0.4 is 0 Å². The molecule has 0 atom stereocenters. The van der Waals surface area contributed by atoms with E-state index in [2.05, 4.69) is 9.97 Å². The van der Waals surface area contributed by atoms with Crippen LogP contribution in [-0.2, 0) is 0 Å². The number of H-pyrrole nitrogens is 1. The minimum absolute atomic E-state index is 0.0442. The van der Waals surface area contributed by atoms with Crippen molar-refractivity contribution < 1.29 is 9.18 Å². The molecule has 0 unspecified atom stereocenters. The first kappa shape index (κ1) is 11.9. The van der Waals surface area contributed by atoms with E-state index in [1.165, 1.54) is 12.1 Å². The van der Waals surface area contributed by atoms with Crippen LogP contribution >= 0.6 is 11.6 Å². The minimum atomic E-state index is -0.701. The minimum Gasteiger partial charge on any atom is -0.360 e. The molecule has 0 radical (unpaired) electrons. The van der Waals surface area contributed by atoms with Crippen molar-refractivity contribution in [3.05, 3.63) is 64.8 Å². The number of ketones is 1. The summed E-state index contributed by atoms with van der Waals surface area (Å²) < 4.78 is 13.9. The second kappa shape index (κ2) is 4.48. The number of benzene rings is 1. The van der Waals surface area contributed by atoms with E-state index in [9.17, 15) is 9.18 Å². The van der Waals surface area contributed by atoms with Crippen LogP contribution in [0, 0.1) is 5.82 Å². The smallest absolute Gasteiger partial charge is 0.198 e. The standard InChI is InChI=1S/C14H8ClFN2O/c15-11-3-1-2-8(13(11)16)14(19)10-7-18-12-4-5-17-6-9(10)12/h1-7,18H. The van der Waals surface area contributed by atoms with Gasteiger partial charge in [-0.1, -0.05) is 17.7 Å². The maximum atomic E-state index is 13.9. The molecule has 0 spiro atoms. The van der Waals surface area contributed by atoms with Crippen molar-refractivity contribution >= 4 is 28.3 Å². The van der Waals surface area contributed by atoms with Crippen LogP contribution in [0.15, 0.2) is 42.9 Å². The highest BCUT2D eigenvalue weighted by Crippen LogP contribution is 2.24. The molecule has 3 nitrogen and oxygen atoms in total. The molecule has 3 rings (SSSR count). The summed E-state index contributed by atoms with van der Waals surface area (Å²) in [7, 11) is 0. The van der Waals surface area contributed by atoms with E-state index < -0.39 is 11.6 Å². The molecule has 0 aliphatic carbocycles. The highest BCUT2D eigenvalue weighted by Gasteiger charge is 2.19. The molecule has 0 fully saturated rings. The number of carbonyl (C=O) groups excluding carboxylic acids is 1. The Morgan fingerprint density at radius 2 is 2.11 bits per heavy atom. The Morgan fingerprint density at radius 1 is 1.26 bits per heavy atom. The summed E-state index contributed by atoms with van der Waals surface area (Å²) in [6.45, 7) is 0. The Labute approximate surface area is 113 Å². The van der Waals surface area contributed by atoms with E-state index in [1.54, 1.807) is 30.7 Å². The van der Waals surface area contributed by atoms with Crippen LogP contribution in [0.3, 0.4) is 0 Å². The molecule has 1 N–H and O–H groups in total. The van der Waals surface area contributed by atoms with Crippen molar-refractivity contribution in [2.45, 2.75) is 0 Å². The van der Waals surface area contributed by atoms with E-state index in [4.69, 9.17) is 11.6 Å². The van der Waals surface area contributed by atoms with Gasteiger partial charge in [-0.15, -0.1) is 0 Å². The summed E-state index contributed by atoms with van der Waals surface area (Å²) in [6, 6.07) is 6.12. The maximum absolute atomic E-state index is 13.9. The van der Waals surface area contributed by atoms with Gasteiger partial charge >= 0.3 is 0 Å². The second-order valence-corrected chi connectivity index (χ2v) is 4.46. The van der Waals surface area contributed by atoms with Crippen molar-refractivity contribution in [2.75, 3.05) is 0 Å². The summed E-state index contributed by atoms with van der Waals surface area (Å²) in [4.78, 5) is 19.3. The molecule has 5 heteroatoms. The fourth-order valence-corrected chi connectivity index (χ4v) is 2.15. The van der Waals surface area contributed by atoms with Gasteiger partial charge in [0.05, 0.1) is 10.6 Å². The Balaban J connectivity index is 2.17. The molecule has 19 heavy (non-hydrogen) atoms. The van der Waals surface area contributed by atoms with Crippen molar-refractivity contribution in [1.29, 1.82) is 0 Å². The molecule has 0 aliphatic rings. The number of pyridine rings is 1. The summed E-state index contributed by atoms with van der Waals surface area (Å²) >= 11 is 5.69. The van der Waals surface area contributed by atoms with Gasteiger partial charge in [0.2, 0.25) is 0 Å². The fourth-order valence-electron chi connectivity index (χ4n) is 1.97. The number of aromatic amines is 1. The predicted molar refractivity (Wildman–Crippen MR) is 70.9 cm³/mol. The molecule has 2 heterocycles. The first-order valence-electron chi connectivity index (χ1n) is 5.58. The Bertz CT molecular complexity index is 782. The summed E-state index contributed by atoms with van der Waals surface area (Å²) in [5.74, 6) is -1.12. The number of nitrogens with one attached hydrogen (secondary N) is 1. The van der Waals surface area contributed by atoms with Crippen LogP contribution in [0.5, 0.6) is 0 Å². The second-order valence-electron chi connectivity index (χ2n) is 4.05. The monoisotopic (exact) mass is 274 g/mol. The molecule has 0 amide bonds. The zero-order chi connectivity index (χ0) is 13.4. The van der Waals surface area contributed by atoms with Crippen molar-refractivity contribution in [1.82, 2.24) is 9.97 Å². The quantitative estimate of drug-likeness (QED) is 0.726. The Kier molecular flexibility index (Phi) is 2.80. The van der Waals surface area contributed by atoms with Crippen molar-refractivity contribution in [3.8, 4) is 0 Å². The number of fused-ring (bicyclic) bond motifs is 1. The number of carbonyl (C=O) groups is 1. The molecular weight excluding hydrogens is 267 g/mol. The van der Waals surface area contributed by atoms with Crippen molar-refractivity contribution in [3.63, 3.8) is 0 Å². The summed E-state index contributed by atoms with van der Waals surface area (Å²) in [5.41, 5.74) is 1.11. The third-order valence-electron chi connectivity index (χ3n) is 2.92. The molecular formula is C14H8ClFN2O. The number of nitrogens with zero attached hydrogens (tertiary/aromatic N) is 1. The predicted octanol–water partition coefficient (Wildman–Crippen LogP) is 3.59. The normalized spacial score (nSPS) is 10.8. The van der Waals surface area contributed by atoms with Crippen LogP contribution in [0.1, 0.15) is 15.9 Å². The highest BCUT2D eigenvalue weighted by atomic mass is 35.5. The zero-order valence-corrected chi connectivity index (χ0v) is 10.4. The first-order chi connectivity index (χ1) is 9.18. The lowest BCUT2D eigenvalue weighted by Gasteiger charge is -2.02. The molecule has 0 saturated heterocycles. The molecule has 0 bridgehead atoms. The SMILES string of the molecule is O=C(c1cccc(Cl)c1F)c1c[nH]c2ccncc12. The van der Waals surface area contributed by atoms with Gasteiger partial charge in [-0.2, -0.15) is 0 Å². The first-order valence-corrected chi connectivity index (χ1v) is 5.96. The average molecular weight is 275 g/mol. The van der Waals surface area contributed by atoms with Crippen LogP contribution in [0.2, 0.25) is 5.02 Å². The zero-order valence-electron chi connectivity index (χ0n) is 9.65. The number of aromatic nitrogens is 2. The van der Waals surface area contributed by atoms with Gasteiger partial charge in [0.15, 0.2) is 11.6 Å². The fraction of sp³-hybridized carbons (Fsp3) is 0. The van der Waals surface area contributed by atoms with E-state index in [-0.39, 0.29) is 10.6 Å². The van der Waals surface area contributed by atoms with E-state index in [0.717, 1.165) is 5.52 Å². The third-order valence-corrected chi connectivity index (χ3v) is 3.22. The summed E-state index contributed by atoms with van der Waals surface area (Å²) in [6.07, 6.45) is 4.74. The lowest BCUT2D eigenvalue weighted by atomic mass is 10.0. The molecule has 3 aromatic rings. The number of hydrogen-bond donors (Lipinski definition) is 1. The largest absolute Gasteiger partial charge is 0.360 e. The highest BCUT2D eigenvalue weighted by molar-refractivity contribution is 6.31. The van der Waals surface area contributed by atoms with E-state index in [1.807, 2.05) is 0 Å². The Morgan fingerprint density at radius 3 is 2.95 bits per heavy atom. The molecule has 1 aromatic carbocycles. The van der Waals surface area contributed by atoms with Gasteiger partial charge in [-0.05, 0) is 18.2 Å². The molecule has 0 aliphatic heterocycles. The van der Waals surface area contributed by atoms with Gasteiger partial charge < -0.3 is 4.98 Å². The maximum Gasteiger partial charge on any atom is 0.198 e. The average Bonchev–Trinajstić information content (AvgIpc) is 2.85. The molecule has 94 valence electrons. The lowest BCUT2D eigenvalue weighted by Crippen LogP contribution is -2.04. The van der Waals surface area contributed by atoms with Gasteiger partial charge in [-0.3, -0.25) is 9.78 Å². The van der Waals surface area contributed by atoms with Gasteiger partial charge in [0, 0.05) is 35.1 Å². The van der Waals surface area contributed by atoms with E-state index >= 15 is 0 Å².